The lowest BCUT2D eigenvalue weighted by Gasteiger charge is -2.28. The molecule has 0 atom stereocenters. The second-order valence-corrected chi connectivity index (χ2v) is 7.53. The molecule has 1 aromatic carbocycles. The smallest absolute Gasteiger partial charge is 0.293 e. The van der Waals surface area contributed by atoms with Crippen LogP contribution in [0.2, 0.25) is 0 Å². The van der Waals surface area contributed by atoms with Gasteiger partial charge in [0.05, 0.1) is 29.3 Å². The third-order valence-corrected chi connectivity index (χ3v) is 5.24. The van der Waals surface area contributed by atoms with E-state index in [4.69, 9.17) is 4.42 Å². The molecular weight excluding hydrogens is 415 g/mol. The maximum absolute atomic E-state index is 14.6. The third-order valence-electron chi connectivity index (χ3n) is 5.24. The van der Waals surface area contributed by atoms with Crippen LogP contribution in [0.1, 0.15) is 22.1 Å². The molecule has 0 bridgehead atoms. The third kappa shape index (κ3) is 3.78. The molecular formula is C21H21FN8O2. The molecule has 4 aromatic rings. The molecule has 1 fully saturated rings. The van der Waals surface area contributed by atoms with E-state index in [-0.39, 0.29) is 17.1 Å². The minimum atomic E-state index is -0.507. The number of amides is 1. The van der Waals surface area contributed by atoms with Gasteiger partial charge in [-0.15, -0.1) is 5.10 Å². The second kappa shape index (κ2) is 8.00. The highest BCUT2D eigenvalue weighted by molar-refractivity contribution is 6.03. The number of oxazole rings is 1. The van der Waals surface area contributed by atoms with Crippen molar-refractivity contribution in [3.8, 4) is 11.4 Å². The summed E-state index contributed by atoms with van der Waals surface area (Å²) in [6.07, 6.45) is 3.58. The molecule has 10 nitrogen and oxygen atoms in total. The van der Waals surface area contributed by atoms with Crippen LogP contribution in [0, 0.1) is 19.7 Å². The van der Waals surface area contributed by atoms with Crippen molar-refractivity contribution in [2.24, 2.45) is 0 Å². The number of benzene rings is 1. The Bertz CT molecular complexity index is 1310. The van der Waals surface area contributed by atoms with Crippen LogP contribution in [0.25, 0.3) is 17.2 Å². The zero-order chi connectivity index (χ0) is 22.2. The van der Waals surface area contributed by atoms with Crippen molar-refractivity contribution >= 4 is 23.1 Å². The summed E-state index contributed by atoms with van der Waals surface area (Å²) < 4.78 is 21.5. The Labute approximate surface area is 182 Å². The molecule has 32 heavy (non-hydrogen) atoms. The molecule has 164 valence electrons. The predicted octanol–water partition coefficient (Wildman–Crippen LogP) is 2.20. The number of carbonyl (C=O) groups is 1. The van der Waals surface area contributed by atoms with E-state index >= 15 is 0 Å². The summed E-state index contributed by atoms with van der Waals surface area (Å²) in [5.74, 6) is 0.0764. The molecule has 1 aliphatic heterocycles. The van der Waals surface area contributed by atoms with Gasteiger partial charge in [0, 0.05) is 38.8 Å². The lowest BCUT2D eigenvalue weighted by molar-refractivity contribution is 0.0994. The van der Waals surface area contributed by atoms with Crippen LogP contribution in [0.4, 0.5) is 15.8 Å². The average Bonchev–Trinajstić information content (AvgIpc) is 3.37. The second-order valence-electron chi connectivity index (χ2n) is 7.53. The van der Waals surface area contributed by atoms with Crippen LogP contribution in [0.15, 0.2) is 35.0 Å². The first kappa shape index (κ1) is 20.1. The molecule has 0 spiro atoms. The summed E-state index contributed by atoms with van der Waals surface area (Å²) in [5, 5.41) is 10.4. The molecule has 5 rings (SSSR count). The van der Waals surface area contributed by atoms with Gasteiger partial charge in [0.25, 0.3) is 11.7 Å². The highest BCUT2D eigenvalue weighted by atomic mass is 19.1. The number of fused-ring (bicyclic) bond motifs is 1. The Balaban J connectivity index is 1.43. The minimum absolute atomic E-state index is 0.115. The largest absolute Gasteiger partial charge is 0.436 e. The summed E-state index contributed by atoms with van der Waals surface area (Å²) in [5.41, 5.74) is 1.95. The fourth-order valence-electron chi connectivity index (χ4n) is 3.68. The fourth-order valence-corrected chi connectivity index (χ4v) is 3.68. The Kier molecular flexibility index (Phi) is 5.02. The molecule has 1 saturated heterocycles. The van der Waals surface area contributed by atoms with Gasteiger partial charge in [0.2, 0.25) is 5.76 Å². The van der Waals surface area contributed by atoms with E-state index < -0.39 is 11.7 Å². The number of hydrogen-bond donors (Lipinski definition) is 2. The first-order valence-electron chi connectivity index (χ1n) is 10.2. The van der Waals surface area contributed by atoms with E-state index in [1.807, 2.05) is 6.20 Å². The molecule has 11 heteroatoms. The van der Waals surface area contributed by atoms with Gasteiger partial charge in [-0.2, -0.15) is 4.98 Å². The van der Waals surface area contributed by atoms with Crippen LogP contribution in [0.5, 0.6) is 0 Å². The van der Waals surface area contributed by atoms with Crippen molar-refractivity contribution in [1.29, 1.82) is 0 Å². The van der Waals surface area contributed by atoms with Crippen molar-refractivity contribution in [2.45, 2.75) is 13.8 Å². The number of rotatable bonds is 4. The van der Waals surface area contributed by atoms with Crippen molar-refractivity contribution in [1.82, 2.24) is 29.9 Å². The molecule has 0 radical (unpaired) electrons. The molecule has 0 saturated carbocycles. The molecule has 0 unspecified atom stereocenters. The van der Waals surface area contributed by atoms with Crippen molar-refractivity contribution in [3.05, 3.63) is 53.8 Å². The van der Waals surface area contributed by atoms with Crippen LogP contribution >= 0.6 is 0 Å². The van der Waals surface area contributed by atoms with Gasteiger partial charge in [-0.25, -0.2) is 18.9 Å². The topological polar surface area (TPSA) is 113 Å². The average molecular weight is 436 g/mol. The monoisotopic (exact) mass is 436 g/mol. The van der Waals surface area contributed by atoms with E-state index in [9.17, 15) is 9.18 Å². The standard InChI is InChI=1S/C21H21FN8O2/c1-12-18(32-13(2)25-12)20(31)26-14-3-4-17(22)16(9-14)19-27-21-24-10-15(11-30(21)28-19)29-7-5-23-6-8-29/h3-4,9-11,23H,5-8H2,1-2H3,(H,26,31). The molecule has 1 amide bonds. The number of aromatic nitrogens is 5. The minimum Gasteiger partial charge on any atom is -0.436 e. The molecule has 4 heterocycles. The summed E-state index contributed by atoms with van der Waals surface area (Å²) in [6.45, 7) is 6.89. The highest BCUT2D eigenvalue weighted by Gasteiger charge is 2.19. The van der Waals surface area contributed by atoms with Gasteiger partial charge in [-0.1, -0.05) is 0 Å². The van der Waals surface area contributed by atoms with E-state index in [1.165, 1.54) is 22.7 Å². The van der Waals surface area contributed by atoms with Crippen molar-refractivity contribution in [3.63, 3.8) is 0 Å². The first-order chi connectivity index (χ1) is 15.5. The quantitative estimate of drug-likeness (QED) is 0.501. The molecule has 1 aliphatic rings. The summed E-state index contributed by atoms with van der Waals surface area (Å²) >= 11 is 0. The number of anilines is 2. The van der Waals surface area contributed by atoms with Crippen LogP contribution in [0.3, 0.4) is 0 Å². The Morgan fingerprint density at radius 3 is 2.78 bits per heavy atom. The van der Waals surface area contributed by atoms with E-state index in [2.05, 4.69) is 35.6 Å². The Morgan fingerprint density at radius 1 is 1.22 bits per heavy atom. The van der Waals surface area contributed by atoms with Gasteiger partial charge < -0.3 is 20.0 Å². The number of nitrogens with one attached hydrogen (secondary N) is 2. The summed E-state index contributed by atoms with van der Waals surface area (Å²) in [7, 11) is 0. The van der Waals surface area contributed by atoms with Gasteiger partial charge >= 0.3 is 0 Å². The van der Waals surface area contributed by atoms with Gasteiger partial charge in [0.15, 0.2) is 11.7 Å². The number of nitrogens with zero attached hydrogens (tertiary/aromatic N) is 6. The maximum atomic E-state index is 14.6. The normalized spacial score (nSPS) is 14.2. The zero-order valence-electron chi connectivity index (χ0n) is 17.6. The first-order valence-corrected chi connectivity index (χ1v) is 10.2. The number of piperazine rings is 1. The lowest BCUT2D eigenvalue weighted by Crippen LogP contribution is -2.43. The lowest BCUT2D eigenvalue weighted by atomic mass is 10.1. The summed E-state index contributed by atoms with van der Waals surface area (Å²) in [4.78, 5) is 27.5. The maximum Gasteiger partial charge on any atom is 0.293 e. The summed E-state index contributed by atoms with van der Waals surface area (Å²) in [6, 6.07) is 4.21. The van der Waals surface area contributed by atoms with Crippen molar-refractivity contribution in [2.75, 3.05) is 36.4 Å². The van der Waals surface area contributed by atoms with Crippen LogP contribution in [-0.2, 0) is 0 Å². The Morgan fingerprint density at radius 2 is 2.03 bits per heavy atom. The SMILES string of the molecule is Cc1nc(C)c(C(=O)Nc2ccc(F)c(-c3nc4ncc(N5CCNCC5)cn4n3)c2)o1. The van der Waals surface area contributed by atoms with Crippen molar-refractivity contribution < 1.29 is 13.6 Å². The fraction of sp³-hybridized carbons (Fsp3) is 0.286. The molecule has 2 N–H and O–H groups in total. The van der Waals surface area contributed by atoms with Gasteiger partial charge in [-0.05, 0) is 25.1 Å². The zero-order valence-corrected chi connectivity index (χ0v) is 17.6. The molecule has 0 aliphatic carbocycles. The van der Waals surface area contributed by atoms with E-state index in [1.54, 1.807) is 20.0 Å². The Hall–Kier alpha value is -3.86. The van der Waals surface area contributed by atoms with Crippen LogP contribution < -0.4 is 15.5 Å². The number of carbonyl (C=O) groups excluding carboxylic acids is 1. The number of halogens is 1. The van der Waals surface area contributed by atoms with Gasteiger partial charge in [0.1, 0.15) is 5.82 Å². The number of hydrogen-bond acceptors (Lipinski definition) is 8. The van der Waals surface area contributed by atoms with E-state index in [0.717, 1.165) is 31.9 Å². The van der Waals surface area contributed by atoms with Gasteiger partial charge in [-0.3, -0.25) is 4.79 Å². The highest BCUT2D eigenvalue weighted by Crippen LogP contribution is 2.25. The predicted molar refractivity (Wildman–Crippen MR) is 115 cm³/mol. The van der Waals surface area contributed by atoms with Crippen LogP contribution in [-0.4, -0.2) is 56.7 Å². The molecule has 3 aromatic heterocycles. The van der Waals surface area contributed by atoms with E-state index in [0.29, 0.717) is 23.0 Å². The number of aryl methyl sites for hydroxylation is 2.